The molecule has 170 valence electrons. The molecule has 0 fully saturated rings. The van der Waals surface area contributed by atoms with Crippen LogP contribution in [0.2, 0.25) is 0 Å². The van der Waals surface area contributed by atoms with Gasteiger partial charge in [-0.3, -0.25) is 14.2 Å². The van der Waals surface area contributed by atoms with E-state index in [-0.39, 0.29) is 12.0 Å². The maximum absolute atomic E-state index is 13.5. The molecule has 7 nitrogen and oxygen atoms in total. The quantitative estimate of drug-likeness (QED) is 0.313. The summed E-state index contributed by atoms with van der Waals surface area (Å²) in [6.07, 6.45) is 1.49. The minimum atomic E-state index is -0.860. The molecule has 2 aromatic heterocycles. The second kappa shape index (κ2) is 9.50. The van der Waals surface area contributed by atoms with Gasteiger partial charge in [-0.05, 0) is 66.6 Å². The Morgan fingerprint density at radius 3 is 2.64 bits per heavy atom. The summed E-state index contributed by atoms with van der Waals surface area (Å²) in [5.74, 6) is -0.748. The number of ether oxygens (including phenoxy) is 1. The summed E-state index contributed by atoms with van der Waals surface area (Å²) in [6.45, 7) is 0. The van der Waals surface area contributed by atoms with Gasteiger partial charge >= 0.3 is 11.2 Å². The van der Waals surface area contributed by atoms with E-state index in [0.717, 1.165) is 16.5 Å². The van der Waals surface area contributed by atoms with Gasteiger partial charge in [0.25, 0.3) is 5.56 Å². The van der Waals surface area contributed by atoms with Crippen molar-refractivity contribution in [2.45, 2.75) is 25.7 Å². The molecule has 0 atom stereocenters. The first-order chi connectivity index (χ1) is 15.9. The number of rotatable bonds is 8. The molecule has 0 spiro atoms. The number of methoxy groups -OCH3 is 1. The zero-order valence-electron chi connectivity index (χ0n) is 18.2. The number of hydrogen-bond acceptors (Lipinski definition) is 5. The molecule has 0 aliphatic rings. The van der Waals surface area contributed by atoms with Crippen LogP contribution in [0.1, 0.15) is 25.1 Å². The predicted molar refractivity (Wildman–Crippen MR) is 124 cm³/mol. The Morgan fingerprint density at radius 1 is 1.21 bits per heavy atom. The van der Waals surface area contributed by atoms with Crippen molar-refractivity contribution >= 4 is 28.2 Å². The molecule has 0 amide bonds. The van der Waals surface area contributed by atoms with Crippen molar-refractivity contribution in [3.8, 4) is 22.1 Å². The molecule has 33 heavy (non-hydrogen) atoms. The van der Waals surface area contributed by atoms with Gasteiger partial charge in [-0.1, -0.05) is 0 Å². The number of hydrogen-bond donors (Lipinski definition) is 1. The lowest BCUT2D eigenvalue weighted by atomic mass is 10.1. The summed E-state index contributed by atoms with van der Waals surface area (Å²) in [6, 6.07) is 11.2. The Bertz CT molecular complexity index is 1380. The minimum absolute atomic E-state index is 0.0506. The Labute approximate surface area is 193 Å². The topological polar surface area (TPSA) is 85.3 Å². The molecule has 4 rings (SSSR count). The highest BCUT2D eigenvalue weighted by atomic mass is 32.1. The third-order valence-electron chi connectivity index (χ3n) is 5.44. The second-order valence-corrected chi connectivity index (χ2v) is 8.45. The first-order valence-electron chi connectivity index (χ1n) is 10.4. The number of thiazole rings is 1. The van der Waals surface area contributed by atoms with Crippen molar-refractivity contribution < 1.29 is 23.6 Å². The predicted octanol–water partition coefficient (Wildman–Crippen LogP) is 3.88. The highest BCUT2D eigenvalue weighted by Gasteiger charge is 2.20. The van der Waals surface area contributed by atoms with Gasteiger partial charge in [-0.15, -0.1) is 0 Å². The maximum Gasteiger partial charge on any atom is 0.430 e. The van der Waals surface area contributed by atoms with Gasteiger partial charge in [0.15, 0.2) is 0 Å². The number of aliphatic carboxylic acids is 1. The van der Waals surface area contributed by atoms with Gasteiger partial charge in [0.05, 0.1) is 29.1 Å². The Balaban J connectivity index is 1.83. The van der Waals surface area contributed by atoms with Crippen LogP contribution in [0, 0.1) is 5.82 Å². The average molecular weight is 469 g/mol. The van der Waals surface area contributed by atoms with Crippen LogP contribution in [0.15, 0.2) is 52.6 Å². The third kappa shape index (κ3) is 4.63. The summed E-state index contributed by atoms with van der Waals surface area (Å²) in [5.41, 5.74) is 2.65. The van der Waals surface area contributed by atoms with E-state index < -0.39 is 11.8 Å². The number of unbranched alkanes of at least 4 members (excludes halogenated alkanes) is 1. The van der Waals surface area contributed by atoms with Crippen molar-refractivity contribution in [2.24, 2.45) is 7.05 Å². The van der Waals surface area contributed by atoms with Crippen LogP contribution in [-0.2, 0) is 18.3 Å². The smallest absolute Gasteiger partial charge is 0.430 e. The Morgan fingerprint density at radius 2 is 1.97 bits per heavy atom. The van der Waals surface area contributed by atoms with Gasteiger partial charge < -0.3 is 9.84 Å². The number of aromatic nitrogens is 3. The van der Waals surface area contributed by atoms with Crippen LogP contribution in [0.5, 0.6) is 5.19 Å². The zero-order chi connectivity index (χ0) is 23.5. The van der Waals surface area contributed by atoms with E-state index in [9.17, 15) is 14.0 Å². The molecule has 0 aliphatic carbocycles. The standard InChI is InChI=1S/C24H22FN3O4S/c1-27-20(14-33-24(27)32-2)15-7-12-18-19(13-15)26-21(5-3-4-6-22(29)30)28(23(18)31)17-10-8-16(25)9-11-17/h7-14H,3-6H2,1-2H3/p+1. The van der Waals surface area contributed by atoms with E-state index in [2.05, 4.69) is 0 Å². The van der Waals surface area contributed by atoms with Crippen LogP contribution >= 0.6 is 11.3 Å². The average Bonchev–Trinajstić information content (AvgIpc) is 3.17. The van der Waals surface area contributed by atoms with Crippen molar-refractivity contribution in [3.63, 3.8) is 0 Å². The number of halogens is 1. The summed E-state index contributed by atoms with van der Waals surface area (Å²) in [7, 11) is 3.52. The van der Waals surface area contributed by atoms with Crippen molar-refractivity contribution in [1.82, 2.24) is 9.55 Å². The van der Waals surface area contributed by atoms with Crippen LogP contribution in [0.4, 0.5) is 4.39 Å². The number of aryl methyl sites for hydroxylation is 1. The van der Waals surface area contributed by atoms with E-state index in [1.54, 1.807) is 13.2 Å². The molecule has 0 unspecified atom stereocenters. The van der Waals surface area contributed by atoms with E-state index >= 15 is 0 Å². The fourth-order valence-corrected chi connectivity index (χ4v) is 4.64. The highest BCUT2D eigenvalue weighted by molar-refractivity contribution is 7.11. The van der Waals surface area contributed by atoms with Gasteiger partial charge in [0.1, 0.15) is 18.7 Å². The summed E-state index contributed by atoms with van der Waals surface area (Å²) < 4.78 is 22.3. The molecule has 2 aromatic carbocycles. The lowest BCUT2D eigenvalue weighted by Crippen LogP contribution is -2.29. The number of carboxylic acid groups (broad SMARTS) is 1. The number of benzene rings is 2. The summed E-state index contributed by atoms with van der Waals surface area (Å²) in [4.78, 5) is 29.1. The molecule has 0 saturated carbocycles. The van der Waals surface area contributed by atoms with Gasteiger partial charge in [-0.2, -0.15) is 4.57 Å². The molecular formula is C24H23FN3O4S+. The number of carbonyl (C=O) groups is 1. The second-order valence-electron chi connectivity index (χ2n) is 7.63. The Hall–Kier alpha value is -3.59. The van der Waals surface area contributed by atoms with Crippen LogP contribution in [0.3, 0.4) is 0 Å². The Kier molecular flexibility index (Phi) is 6.50. The van der Waals surface area contributed by atoms with Gasteiger partial charge in [0, 0.05) is 18.4 Å². The molecule has 0 radical (unpaired) electrons. The van der Waals surface area contributed by atoms with Crippen molar-refractivity contribution in [1.29, 1.82) is 0 Å². The van der Waals surface area contributed by atoms with Gasteiger partial charge in [0.2, 0.25) is 5.69 Å². The lowest BCUT2D eigenvalue weighted by Gasteiger charge is -2.14. The lowest BCUT2D eigenvalue weighted by molar-refractivity contribution is -0.660. The molecule has 1 N–H and O–H groups in total. The third-order valence-corrected chi connectivity index (χ3v) is 6.42. The summed E-state index contributed by atoms with van der Waals surface area (Å²) in [5, 5.41) is 12.1. The van der Waals surface area contributed by atoms with E-state index in [0.29, 0.717) is 41.7 Å². The van der Waals surface area contributed by atoms with Crippen LogP contribution in [-0.4, -0.2) is 27.7 Å². The summed E-state index contributed by atoms with van der Waals surface area (Å²) >= 11 is 1.48. The molecule has 2 heterocycles. The molecule has 0 bridgehead atoms. The largest absolute Gasteiger partial charge is 0.481 e. The first-order valence-corrected chi connectivity index (χ1v) is 11.3. The van der Waals surface area contributed by atoms with Gasteiger partial charge in [-0.25, -0.2) is 9.37 Å². The van der Waals surface area contributed by atoms with E-state index in [1.165, 1.54) is 40.2 Å². The minimum Gasteiger partial charge on any atom is -0.481 e. The first kappa shape index (κ1) is 22.6. The number of fused-ring (bicyclic) bond motifs is 1. The molecule has 0 aliphatic heterocycles. The molecule has 9 heteroatoms. The number of nitrogens with zero attached hydrogens (tertiary/aromatic N) is 3. The monoisotopic (exact) mass is 468 g/mol. The maximum atomic E-state index is 13.5. The van der Waals surface area contributed by atoms with Crippen LogP contribution in [0.25, 0.3) is 27.8 Å². The highest BCUT2D eigenvalue weighted by Crippen LogP contribution is 2.26. The molecule has 0 saturated heterocycles. The number of carboxylic acids is 1. The van der Waals surface area contributed by atoms with Crippen molar-refractivity contribution in [2.75, 3.05) is 7.11 Å². The van der Waals surface area contributed by atoms with E-state index in [4.69, 9.17) is 14.8 Å². The zero-order valence-corrected chi connectivity index (χ0v) is 19.1. The fraction of sp³-hybridized carbons (Fsp3) is 0.250. The SMILES string of the molecule is COc1scc(-c2ccc3c(=O)n(-c4ccc(F)cc4)c(CCCCC(=O)O)nc3c2)[n+]1C. The normalized spacial score (nSPS) is 11.1. The molecule has 4 aromatic rings. The van der Waals surface area contributed by atoms with E-state index in [1.807, 2.05) is 29.1 Å². The fourth-order valence-electron chi connectivity index (χ4n) is 3.78. The van der Waals surface area contributed by atoms with Crippen molar-refractivity contribution in [3.05, 3.63) is 69.8 Å². The van der Waals surface area contributed by atoms with Crippen LogP contribution < -0.4 is 14.9 Å². The molecular weight excluding hydrogens is 445 g/mol.